The van der Waals surface area contributed by atoms with Gasteiger partial charge in [-0.2, -0.15) is 13.2 Å². The number of carbonyl (C=O) groups excluding carboxylic acids is 1. The van der Waals surface area contributed by atoms with Gasteiger partial charge in [0.25, 0.3) is 5.91 Å². The molecule has 1 amide bonds. The van der Waals surface area contributed by atoms with Crippen LogP contribution in [-0.4, -0.2) is 41.7 Å². The summed E-state index contributed by atoms with van der Waals surface area (Å²) in [5, 5.41) is 9.14. The third-order valence-corrected chi connectivity index (χ3v) is 6.27. The van der Waals surface area contributed by atoms with E-state index >= 15 is 0 Å². The topological polar surface area (TPSA) is 71.0 Å². The predicted molar refractivity (Wildman–Crippen MR) is 110 cm³/mol. The molecular formula is C20H20ClF3N2O4S. The van der Waals surface area contributed by atoms with Crippen LogP contribution in [0.5, 0.6) is 11.5 Å². The molecule has 168 valence electrons. The van der Waals surface area contributed by atoms with Crippen LogP contribution in [0.15, 0.2) is 41.3 Å². The Balaban J connectivity index is 1.60. The summed E-state index contributed by atoms with van der Waals surface area (Å²) in [6, 6.07) is 7.97. The molecule has 0 aliphatic carbocycles. The molecule has 0 spiro atoms. The van der Waals surface area contributed by atoms with E-state index in [-0.39, 0.29) is 16.7 Å². The van der Waals surface area contributed by atoms with Gasteiger partial charge in [-0.05, 0) is 61.2 Å². The van der Waals surface area contributed by atoms with Gasteiger partial charge in [0.15, 0.2) is 0 Å². The van der Waals surface area contributed by atoms with Crippen LogP contribution in [0.4, 0.5) is 13.2 Å². The fourth-order valence-electron chi connectivity index (χ4n) is 3.14. The number of piperidine rings is 1. The summed E-state index contributed by atoms with van der Waals surface area (Å²) in [5.74, 6) is -0.0388. The summed E-state index contributed by atoms with van der Waals surface area (Å²) < 4.78 is 51.0. The molecule has 0 aromatic heterocycles. The fourth-order valence-corrected chi connectivity index (χ4v) is 4.61. The summed E-state index contributed by atoms with van der Waals surface area (Å²) in [7, 11) is 1.43. The van der Waals surface area contributed by atoms with Gasteiger partial charge < -0.3 is 9.47 Å². The third kappa shape index (κ3) is 5.76. The number of methoxy groups -OCH3 is 1. The van der Waals surface area contributed by atoms with Crippen LogP contribution in [0.25, 0.3) is 0 Å². The Bertz CT molecular complexity index is 920. The molecule has 2 aromatic rings. The Morgan fingerprint density at radius 2 is 1.84 bits per heavy atom. The largest absolute Gasteiger partial charge is 0.495 e. The van der Waals surface area contributed by atoms with Gasteiger partial charge in [0.2, 0.25) is 0 Å². The number of hydrogen-bond donors (Lipinski definition) is 2. The molecular weight excluding hydrogens is 457 g/mol. The Morgan fingerprint density at radius 3 is 2.39 bits per heavy atom. The maximum Gasteiger partial charge on any atom is 0.416 e. The zero-order valence-corrected chi connectivity index (χ0v) is 18.0. The van der Waals surface area contributed by atoms with E-state index in [2.05, 4.69) is 0 Å². The van der Waals surface area contributed by atoms with E-state index in [1.807, 2.05) is 4.31 Å². The van der Waals surface area contributed by atoms with Crippen LogP contribution in [0.3, 0.4) is 0 Å². The van der Waals surface area contributed by atoms with Crippen molar-refractivity contribution in [2.45, 2.75) is 30.0 Å². The van der Waals surface area contributed by atoms with E-state index in [0.717, 1.165) is 12.1 Å². The number of hydroxylamine groups is 1. The molecule has 2 N–H and O–H groups in total. The normalized spacial score (nSPS) is 15.5. The van der Waals surface area contributed by atoms with Gasteiger partial charge in [-0.15, -0.1) is 0 Å². The molecule has 0 atom stereocenters. The Kier molecular flexibility index (Phi) is 7.58. The fraction of sp³-hybridized carbons (Fsp3) is 0.350. The average molecular weight is 477 g/mol. The lowest BCUT2D eigenvalue weighted by Gasteiger charge is -2.31. The molecule has 0 radical (unpaired) electrons. The van der Waals surface area contributed by atoms with Crippen LogP contribution in [-0.2, 0) is 6.18 Å². The van der Waals surface area contributed by atoms with Crippen molar-refractivity contribution in [3.8, 4) is 11.5 Å². The van der Waals surface area contributed by atoms with Crippen molar-refractivity contribution in [3.05, 3.63) is 52.5 Å². The predicted octanol–water partition coefficient (Wildman–Crippen LogP) is 5.04. The molecule has 1 saturated heterocycles. The van der Waals surface area contributed by atoms with Crippen LogP contribution in [0.2, 0.25) is 5.02 Å². The van der Waals surface area contributed by atoms with E-state index in [9.17, 15) is 18.0 Å². The van der Waals surface area contributed by atoms with Crippen molar-refractivity contribution in [1.82, 2.24) is 9.79 Å². The molecule has 0 unspecified atom stereocenters. The highest BCUT2D eigenvalue weighted by atomic mass is 35.5. The van der Waals surface area contributed by atoms with E-state index < -0.39 is 17.6 Å². The highest BCUT2D eigenvalue weighted by Gasteiger charge is 2.30. The molecule has 11 heteroatoms. The molecule has 1 fully saturated rings. The SMILES string of the molecule is COc1ccc(SN2CCC(Oc3ccc(C(F)(F)F)cc3)CC2)c(C(=O)NO)c1Cl. The summed E-state index contributed by atoms with van der Waals surface area (Å²) in [6.07, 6.45) is -3.20. The summed E-state index contributed by atoms with van der Waals surface area (Å²) >= 11 is 7.56. The second-order valence-corrected chi connectivity index (χ2v) is 8.27. The molecule has 3 rings (SSSR count). The highest BCUT2D eigenvalue weighted by molar-refractivity contribution is 7.97. The zero-order valence-electron chi connectivity index (χ0n) is 16.4. The average Bonchev–Trinajstić information content (AvgIpc) is 2.75. The first-order chi connectivity index (χ1) is 14.7. The first-order valence-electron chi connectivity index (χ1n) is 9.30. The maximum atomic E-state index is 12.7. The summed E-state index contributed by atoms with van der Waals surface area (Å²) in [5.41, 5.74) is 0.990. The maximum absolute atomic E-state index is 12.7. The molecule has 2 aromatic carbocycles. The van der Waals surface area contributed by atoms with Crippen molar-refractivity contribution in [3.63, 3.8) is 0 Å². The lowest BCUT2D eigenvalue weighted by molar-refractivity contribution is -0.137. The van der Waals surface area contributed by atoms with Gasteiger partial charge in [0.1, 0.15) is 17.6 Å². The number of carbonyl (C=O) groups is 1. The third-order valence-electron chi connectivity index (χ3n) is 4.73. The minimum atomic E-state index is -4.38. The van der Waals surface area contributed by atoms with Gasteiger partial charge in [0.05, 0.1) is 23.3 Å². The molecule has 0 bridgehead atoms. The number of nitrogens with zero attached hydrogens (tertiary/aromatic N) is 1. The quantitative estimate of drug-likeness (QED) is 0.346. The van der Waals surface area contributed by atoms with Gasteiger partial charge in [-0.1, -0.05) is 11.6 Å². The number of nitrogens with one attached hydrogen (secondary N) is 1. The molecule has 6 nitrogen and oxygen atoms in total. The van der Waals surface area contributed by atoms with E-state index in [0.29, 0.717) is 42.3 Å². The minimum Gasteiger partial charge on any atom is -0.495 e. The molecule has 0 saturated carbocycles. The lowest BCUT2D eigenvalue weighted by atomic mass is 10.1. The highest BCUT2D eigenvalue weighted by Crippen LogP contribution is 2.38. The number of halogens is 4. The molecule has 1 aliphatic rings. The molecule has 1 heterocycles. The Labute approximate surface area is 186 Å². The van der Waals surface area contributed by atoms with Crippen LogP contribution in [0, 0.1) is 0 Å². The van der Waals surface area contributed by atoms with E-state index in [1.54, 1.807) is 17.6 Å². The number of rotatable bonds is 6. The van der Waals surface area contributed by atoms with Crippen molar-refractivity contribution in [2.24, 2.45) is 0 Å². The van der Waals surface area contributed by atoms with Crippen molar-refractivity contribution >= 4 is 29.5 Å². The van der Waals surface area contributed by atoms with Crippen molar-refractivity contribution in [1.29, 1.82) is 0 Å². The Morgan fingerprint density at radius 1 is 1.19 bits per heavy atom. The van der Waals surface area contributed by atoms with Crippen LogP contribution < -0.4 is 15.0 Å². The zero-order chi connectivity index (χ0) is 22.6. The van der Waals surface area contributed by atoms with Crippen LogP contribution in [0.1, 0.15) is 28.8 Å². The molecule has 31 heavy (non-hydrogen) atoms. The Hall–Kier alpha value is -2.14. The van der Waals surface area contributed by atoms with Gasteiger partial charge in [-0.25, -0.2) is 9.79 Å². The van der Waals surface area contributed by atoms with E-state index in [4.69, 9.17) is 26.3 Å². The number of amides is 1. The van der Waals surface area contributed by atoms with Gasteiger partial charge in [-0.3, -0.25) is 10.0 Å². The second kappa shape index (κ2) is 9.99. The van der Waals surface area contributed by atoms with Crippen molar-refractivity contribution in [2.75, 3.05) is 20.2 Å². The number of ether oxygens (including phenoxy) is 2. The number of benzene rings is 2. The van der Waals surface area contributed by atoms with E-state index in [1.165, 1.54) is 31.2 Å². The molecule has 1 aliphatic heterocycles. The van der Waals surface area contributed by atoms with Crippen molar-refractivity contribution < 1.29 is 32.6 Å². The summed E-state index contributed by atoms with van der Waals surface area (Å²) in [4.78, 5) is 12.6. The monoisotopic (exact) mass is 476 g/mol. The lowest BCUT2D eigenvalue weighted by Crippen LogP contribution is -2.34. The van der Waals surface area contributed by atoms with Gasteiger partial charge in [0, 0.05) is 18.0 Å². The summed E-state index contributed by atoms with van der Waals surface area (Å²) in [6.45, 7) is 1.25. The number of hydrogen-bond acceptors (Lipinski definition) is 6. The first-order valence-corrected chi connectivity index (χ1v) is 10.5. The first kappa shape index (κ1) is 23.5. The number of alkyl halides is 3. The van der Waals surface area contributed by atoms with Crippen LogP contribution >= 0.6 is 23.5 Å². The second-order valence-electron chi connectivity index (χ2n) is 6.76. The minimum absolute atomic E-state index is 0.0968. The standard InChI is InChI=1S/C20H20ClF3N2O4S/c1-29-15-6-7-16(17(18(15)21)19(27)25-28)31-26-10-8-14(9-11-26)30-13-4-2-12(3-5-13)20(22,23)24/h2-7,14,28H,8-11H2,1H3,(H,25,27). The van der Waals surface area contributed by atoms with Gasteiger partial charge >= 0.3 is 6.18 Å². The smallest absolute Gasteiger partial charge is 0.416 e.